The molecule has 0 unspecified atom stereocenters. The maximum atomic E-state index is 10.9. The number of aliphatic carboxylic acids is 1. The van der Waals surface area contributed by atoms with Gasteiger partial charge in [0.05, 0.1) is 6.10 Å². The number of aliphatic hydroxyl groups excluding tert-OH is 1. The van der Waals surface area contributed by atoms with Crippen molar-refractivity contribution in [1.29, 1.82) is 0 Å². The van der Waals surface area contributed by atoms with Crippen LogP contribution in [0.15, 0.2) is 11.6 Å². The first-order valence-electron chi connectivity index (χ1n) is 11.3. The molecule has 0 radical (unpaired) electrons. The second-order valence-electron chi connectivity index (χ2n) is 10.8. The number of allylic oxidation sites excluding steroid dienone is 1. The molecule has 152 valence electrons. The van der Waals surface area contributed by atoms with E-state index in [4.69, 9.17) is 0 Å². The molecule has 0 aliphatic heterocycles. The Morgan fingerprint density at radius 1 is 1.22 bits per heavy atom. The van der Waals surface area contributed by atoms with Crippen LogP contribution in [0, 0.1) is 40.4 Å². The lowest BCUT2D eigenvalue weighted by molar-refractivity contribution is -0.306. The summed E-state index contributed by atoms with van der Waals surface area (Å²) in [6.07, 6.45) is 12.7. The van der Waals surface area contributed by atoms with Crippen LogP contribution in [0.2, 0.25) is 0 Å². The molecule has 3 fully saturated rings. The normalized spacial score (nSPS) is 47.4. The van der Waals surface area contributed by atoms with Crippen LogP contribution in [0.5, 0.6) is 0 Å². The van der Waals surface area contributed by atoms with Crippen molar-refractivity contribution in [3.05, 3.63) is 11.6 Å². The molecule has 4 aliphatic rings. The van der Waals surface area contributed by atoms with E-state index in [-0.39, 0.29) is 12.5 Å². The van der Waals surface area contributed by atoms with Gasteiger partial charge in [-0.3, -0.25) is 0 Å². The number of fused-ring (bicyclic) bond motifs is 5. The molecule has 4 rings (SSSR count). The van der Waals surface area contributed by atoms with E-state index in [1.165, 1.54) is 32.1 Å². The number of hydrogen-bond donors (Lipinski definition) is 1. The maximum absolute atomic E-state index is 10.9. The second-order valence-corrected chi connectivity index (χ2v) is 10.8. The number of rotatable bonds is 4. The van der Waals surface area contributed by atoms with E-state index in [2.05, 4.69) is 26.8 Å². The standard InChI is InChI=1S/C24H38O3/c1-15(4-9-22(26)27)19-7-8-20-18-6-5-16-14-17(25)10-12-23(16,2)21(18)11-13-24(19,20)3/h5,15,17-21,25H,4,6-14H2,1-3H3,(H,26,27)/p-1/t15-,17-,18+,19-,20+,21+,23+,24-/m1/s1. The highest BCUT2D eigenvalue weighted by Gasteiger charge is 2.59. The summed E-state index contributed by atoms with van der Waals surface area (Å²) >= 11 is 0. The lowest BCUT2D eigenvalue weighted by Crippen LogP contribution is -2.50. The number of carboxylic acid groups (broad SMARTS) is 1. The molecule has 3 heteroatoms. The molecule has 0 aromatic carbocycles. The summed E-state index contributed by atoms with van der Waals surface area (Å²) in [4.78, 5) is 10.9. The molecule has 3 saturated carbocycles. The van der Waals surface area contributed by atoms with Gasteiger partial charge in [0.15, 0.2) is 0 Å². The van der Waals surface area contributed by atoms with Crippen LogP contribution in [0.4, 0.5) is 0 Å². The zero-order chi connectivity index (χ0) is 19.4. The van der Waals surface area contributed by atoms with Crippen molar-refractivity contribution in [1.82, 2.24) is 0 Å². The molecule has 27 heavy (non-hydrogen) atoms. The Kier molecular flexibility index (Phi) is 4.98. The summed E-state index contributed by atoms with van der Waals surface area (Å²) < 4.78 is 0. The predicted molar refractivity (Wildman–Crippen MR) is 105 cm³/mol. The third kappa shape index (κ3) is 3.09. The van der Waals surface area contributed by atoms with E-state index in [1.807, 2.05) is 0 Å². The zero-order valence-corrected chi connectivity index (χ0v) is 17.4. The quantitative estimate of drug-likeness (QED) is 0.755. The highest BCUT2D eigenvalue weighted by atomic mass is 16.4. The van der Waals surface area contributed by atoms with Crippen LogP contribution in [0.1, 0.15) is 85.0 Å². The Morgan fingerprint density at radius 2 is 2.00 bits per heavy atom. The van der Waals surface area contributed by atoms with Crippen LogP contribution >= 0.6 is 0 Å². The van der Waals surface area contributed by atoms with Gasteiger partial charge in [0.25, 0.3) is 0 Å². The lowest BCUT2D eigenvalue weighted by Gasteiger charge is -2.58. The first kappa shape index (κ1) is 19.5. The molecule has 0 bridgehead atoms. The summed E-state index contributed by atoms with van der Waals surface area (Å²) in [7, 11) is 0. The molecule has 1 N–H and O–H groups in total. The summed E-state index contributed by atoms with van der Waals surface area (Å²) in [5.74, 6) is 2.58. The molecule has 8 atom stereocenters. The fraction of sp³-hybridized carbons (Fsp3) is 0.875. The van der Waals surface area contributed by atoms with Crippen molar-refractivity contribution in [3.8, 4) is 0 Å². The van der Waals surface area contributed by atoms with Gasteiger partial charge in [0, 0.05) is 5.97 Å². The van der Waals surface area contributed by atoms with Crippen LogP contribution < -0.4 is 5.11 Å². The number of hydrogen-bond acceptors (Lipinski definition) is 3. The van der Waals surface area contributed by atoms with Gasteiger partial charge in [0.2, 0.25) is 0 Å². The van der Waals surface area contributed by atoms with Crippen molar-refractivity contribution in [2.75, 3.05) is 0 Å². The summed E-state index contributed by atoms with van der Waals surface area (Å²) in [5.41, 5.74) is 2.23. The topological polar surface area (TPSA) is 60.4 Å². The highest BCUT2D eigenvalue weighted by molar-refractivity contribution is 5.64. The van der Waals surface area contributed by atoms with Gasteiger partial charge in [-0.2, -0.15) is 0 Å². The van der Waals surface area contributed by atoms with Crippen LogP contribution in [0.25, 0.3) is 0 Å². The molecule has 3 nitrogen and oxygen atoms in total. The Hall–Kier alpha value is -0.830. The largest absolute Gasteiger partial charge is 0.550 e. The minimum absolute atomic E-state index is 0.129. The molecular formula is C24H37O3-. The maximum Gasteiger partial charge on any atom is 0.0577 e. The molecular weight excluding hydrogens is 336 g/mol. The average molecular weight is 374 g/mol. The molecule has 0 spiro atoms. The van der Waals surface area contributed by atoms with Gasteiger partial charge in [-0.25, -0.2) is 0 Å². The van der Waals surface area contributed by atoms with Gasteiger partial charge in [0.1, 0.15) is 0 Å². The van der Waals surface area contributed by atoms with E-state index >= 15 is 0 Å². The van der Waals surface area contributed by atoms with E-state index in [0.29, 0.717) is 22.7 Å². The number of aliphatic hydroxyl groups is 1. The van der Waals surface area contributed by atoms with Crippen LogP contribution in [-0.4, -0.2) is 17.2 Å². The smallest absolute Gasteiger partial charge is 0.0577 e. The summed E-state index contributed by atoms with van der Waals surface area (Å²) in [6, 6.07) is 0. The average Bonchev–Trinajstić information content (AvgIpc) is 2.97. The fourth-order valence-corrected chi connectivity index (χ4v) is 8.16. The van der Waals surface area contributed by atoms with Crippen molar-refractivity contribution in [2.45, 2.75) is 91.1 Å². The highest BCUT2D eigenvalue weighted by Crippen LogP contribution is 2.67. The van der Waals surface area contributed by atoms with Gasteiger partial charge in [-0.15, -0.1) is 0 Å². The van der Waals surface area contributed by atoms with Crippen molar-refractivity contribution in [3.63, 3.8) is 0 Å². The first-order chi connectivity index (χ1) is 12.8. The molecule has 0 heterocycles. The number of carboxylic acids is 1. The molecule has 0 aromatic heterocycles. The molecule has 4 aliphatic carbocycles. The van der Waals surface area contributed by atoms with E-state index in [9.17, 15) is 15.0 Å². The number of carbonyl (C=O) groups is 1. The molecule has 0 amide bonds. The molecule has 0 aromatic rings. The second kappa shape index (κ2) is 6.90. The Morgan fingerprint density at radius 3 is 2.74 bits per heavy atom. The fourth-order valence-electron chi connectivity index (χ4n) is 8.16. The number of carbonyl (C=O) groups excluding carboxylic acids is 1. The minimum atomic E-state index is -0.900. The van der Waals surface area contributed by atoms with Gasteiger partial charge in [-0.1, -0.05) is 32.4 Å². The monoisotopic (exact) mass is 373 g/mol. The zero-order valence-electron chi connectivity index (χ0n) is 17.4. The van der Waals surface area contributed by atoms with Gasteiger partial charge in [-0.05, 0) is 105 Å². The lowest BCUT2D eigenvalue weighted by atomic mass is 9.47. The van der Waals surface area contributed by atoms with E-state index in [0.717, 1.165) is 43.4 Å². The van der Waals surface area contributed by atoms with E-state index in [1.54, 1.807) is 5.57 Å². The Labute approximate surface area is 164 Å². The third-order valence-corrected chi connectivity index (χ3v) is 9.64. The summed E-state index contributed by atoms with van der Waals surface area (Å²) in [5, 5.41) is 21.1. The van der Waals surface area contributed by atoms with Crippen LogP contribution in [-0.2, 0) is 4.79 Å². The van der Waals surface area contributed by atoms with Crippen LogP contribution in [0.3, 0.4) is 0 Å². The van der Waals surface area contributed by atoms with E-state index < -0.39 is 5.97 Å². The third-order valence-electron chi connectivity index (χ3n) is 9.64. The van der Waals surface area contributed by atoms with Crippen molar-refractivity contribution >= 4 is 5.97 Å². The van der Waals surface area contributed by atoms with Gasteiger partial charge >= 0.3 is 0 Å². The SMILES string of the molecule is C[C@H](CCC(=O)[O-])[C@H]1CC[C@H]2[C@@H]3CC=C4C[C@H](O)CC[C@]4(C)[C@H]3CC[C@]12C. The minimum Gasteiger partial charge on any atom is -0.550 e. The van der Waals surface area contributed by atoms with Crippen molar-refractivity contribution in [2.24, 2.45) is 40.4 Å². The Balaban J connectivity index is 1.54. The summed E-state index contributed by atoms with van der Waals surface area (Å²) in [6.45, 7) is 7.28. The van der Waals surface area contributed by atoms with Crippen molar-refractivity contribution < 1.29 is 15.0 Å². The molecule has 0 saturated heterocycles. The first-order valence-corrected chi connectivity index (χ1v) is 11.3. The van der Waals surface area contributed by atoms with Gasteiger partial charge < -0.3 is 15.0 Å². The predicted octanol–water partition coefficient (Wildman–Crippen LogP) is 4.09. The Bertz CT molecular complexity index is 625.